The fourth-order valence-corrected chi connectivity index (χ4v) is 3.92. The van der Waals surface area contributed by atoms with Gasteiger partial charge in [-0.05, 0) is 18.6 Å². The van der Waals surface area contributed by atoms with Crippen LogP contribution in [0.4, 0.5) is 0 Å². The highest BCUT2D eigenvalue weighted by Gasteiger charge is 2.20. The Morgan fingerprint density at radius 1 is 1.20 bits per heavy atom. The molecule has 2 aromatic carbocycles. The maximum Gasteiger partial charge on any atom is 0.233 e. The highest BCUT2D eigenvalue weighted by Crippen LogP contribution is 2.24. The van der Waals surface area contributed by atoms with Crippen molar-refractivity contribution in [2.24, 2.45) is 0 Å². The summed E-state index contributed by atoms with van der Waals surface area (Å²) in [6.07, 6.45) is 2.49. The molecule has 0 radical (unpaired) electrons. The molecule has 1 heterocycles. The van der Waals surface area contributed by atoms with Crippen LogP contribution < -0.4 is 10.1 Å². The van der Waals surface area contributed by atoms with Crippen molar-refractivity contribution in [3.63, 3.8) is 0 Å². The molecule has 30 heavy (non-hydrogen) atoms. The summed E-state index contributed by atoms with van der Waals surface area (Å²) >= 11 is 1.39. The van der Waals surface area contributed by atoms with Gasteiger partial charge in [-0.2, -0.15) is 0 Å². The number of amides is 1. The Hall–Kier alpha value is -3.06. The van der Waals surface area contributed by atoms with Crippen LogP contribution in [0, 0.1) is 0 Å². The maximum absolute atomic E-state index is 12.6. The van der Waals surface area contributed by atoms with Gasteiger partial charge in [0.15, 0.2) is 5.16 Å². The second-order valence-corrected chi connectivity index (χ2v) is 8.06. The first-order valence-electron chi connectivity index (χ1n) is 9.75. The Morgan fingerprint density at radius 2 is 1.93 bits per heavy atom. The van der Waals surface area contributed by atoms with Crippen LogP contribution >= 0.6 is 11.8 Å². The largest absolute Gasteiger partial charge is 0.496 e. The van der Waals surface area contributed by atoms with Crippen LogP contribution in [0.25, 0.3) is 0 Å². The quantitative estimate of drug-likeness (QED) is 0.397. The van der Waals surface area contributed by atoms with Gasteiger partial charge in [0, 0.05) is 25.1 Å². The molecule has 0 bridgehead atoms. The van der Waals surface area contributed by atoms with E-state index in [0.717, 1.165) is 22.7 Å². The normalized spacial score (nSPS) is 11.7. The van der Waals surface area contributed by atoms with Crippen LogP contribution in [-0.2, 0) is 24.3 Å². The number of rotatable bonds is 10. The lowest BCUT2D eigenvalue weighted by atomic mass is 10.1. The van der Waals surface area contributed by atoms with E-state index >= 15 is 0 Å². The van der Waals surface area contributed by atoms with E-state index in [-0.39, 0.29) is 11.2 Å². The lowest BCUT2D eigenvalue weighted by Gasteiger charge is -2.14. The Bertz CT molecular complexity index is 988. The number of nitrogens with one attached hydrogen (secondary N) is 1. The van der Waals surface area contributed by atoms with E-state index in [1.807, 2.05) is 60.0 Å². The first kappa shape index (κ1) is 21.6. The standard InChI is InChI=1S/C23H26N4O2S/c1-4-14-27-21(15-18-10-6-5-7-11-18)25-26-23(27)30-17(2)22(28)24-16-19-12-8-9-13-20(19)29-3/h4-13,17H,1,14-16H2,2-3H3,(H,24,28). The second kappa shape index (κ2) is 10.6. The molecule has 1 unspecified atom stereocenters. The zero-order valence-electron chi connectivity index (χ0n) is 17.2. The van der Waals surface area contributed by atoms with Gasteiger partial charge in [-0.15, -0.1) is 16.8 Å². The average Bonchev–Trinajstić information content (AvgIpc) is 3.14. The topological polar surface area (TPSA) is 69.0 Å². The van der Waals surface area contributed by atoms with Gasteiger partial charge in [-0.1, -0.05) is 66.4 Å². The third kappa shape index (κ3) is 5.51. The van der Waals surface area contributed by atoms with E-state index in [0.29, 0.717) is 24.7 Å². The summed E-state index contributed by atoms with van der Waals surface area (Å²) in [5.41, 5.74) is 2.10. The predicted octanol–water partition coefficient (Wildman–Crippen LogP) is 3.86. The van der Waals surface area contributed by atoms with Gasteiger partial charge in [0.05, 0.1) is 12.4 Å². The summed E-state index contributed by atoms with van der Waals surface area (Å²) in [5.74, 6) is 1.54. The Labute approximate surface area is 181 Å². The number of methoxy groups -OCH3 is 1. The number of ether oxygens (including phenoxy) is 1. The van der Waals surface area contributed by atoms with Crippen LogP contribution in [0.1, 0.15) is 23.9 Å². The fourth-order valence-electron chi connectivity index (χ4n) is 3.01. The van der Waals surface area contributed by atoms with E-state index in [4.69, 9.17) is 4.74 Å². The Kier molecular flexibility index (Phi) is 7.68. The molecule has 7 heteroatoms. The molecule has 3 rings (SSSR count). The predicted molar refractivity (Wildman–Crippen MR) is 120 cm³/mol. The van der Waals surface area contributed by atoms with Crippen molar-refractivity contribution >= 4 is 17.7 Å². The number of nitrogens with zero attached hydrogens (tertiary/aromatic N) is 3. The third-order valence-corrected chi connectivity index (χ3v) is 5.69. The van der Waals surface area contributed by atoms with Crippen molar-refractivity contribution in [2.75, 3.05) is 7.11 Å². The fraction of sp³-hybridized carbons (Fsp3) is 0.261. The average molecular weight is 423 g/mol. The van der Waals surface area contributed by atoms with E-state index in [1.165, 1.54) is 11.8 Å². The van der Waals surface area contributed by atoms with Crippen molar-refractivity contribution in [1.82, 2.24) is 20.1 Å². The van der Waals surface area contributed by atoms with Gasteiger partial charge in [0.2, 0.25) is 5.91 Å². The minimum Gasteiger partial charge on any atom is -0.496 e. The zero-order valence-corrected chi connectivity index (χ0v) is 18.1. The monoisotopic (exact) mass is 422 g/mol. The second-order valence-electron chi connectivity index (χ2n) is 6.75. The summed E-state index contributed by atoms with van der Waals surface area (Å²) < 4.78 is 7.35. The highest BCUT2D eigenvalue weighted by atomic mass is 32.2. The van der Waals surface area contributed by atoms with Gasteiger partial charge in [-0.3, -0.25) is 4.79 Å². The first-order valence-corrected chi connectivity index (χ1v) is 10.6. The molecule has 1 N–H and O–H groups in total. The summed E-state index contributed by atoms with van der Waals surface area (Å²) in [7, 11) is 1.62. The molecule has 1 aromatic heterocycles. The number of allylic oxidation sites excluding steroid dienone is 1. The van der Waals surface area contributed by atoms with Crippen molar-refractivity contribution in [3.8, 4) is 5.75 Å². The van der Waals surface area contributed by atoms with Crippen LogP contribution in [-0.4, -0.2) is 33.0 Å². The van der Waals surface area contributed by atoms with Gasteiger partial charge >= 0.3 is 0 Å². The molecular weight excluding hydrogens is 396 g/mol. The van der Waals surface area contributed by atoms with Crippen LogP contribution in [0.15, 0.2) is 72.4 Å². The molecule has 0 aliphatic heterocycles. The Balaban J connectivity index is 1.65. The van der Waals surface area contributed by atoms with E-state index in [9.17, 15) is 4.79 Å². The smallest absolute Gasteiger partial charge is 0.233 e. The number of para-hydroxylation sites is 1. The summed E-state index contributed by atoms with van der Waals surface area (Å²) in [6, 6.07) is 17.8. The number of carbonyl (C=O) groups is 1. The minimum atomic E-state index is -0.322. The van der Waals surface area contributed by atoms with Gasteiger partial charge in [-0.25, -0.2) is 0 Å². The third-order valence-electron chi connectivity index (χ3n) is 4.61. The maximum atomic E-state index is 12.6. The molecule has 0 aliphatic rings. The van der Waals surface area contributed by atoms with Gasteiger partial charge < -0.3 is 14.6 Å². The van der Waals surface area contributed by atoms with Crippen LogP contribution in [0.2, 0.25) is 0 Å². The molecule has 0 saturated carbocycles. The van der Waals surface area contributed by atoms with Crippen molar-refractivity contribution in [1.29, 1.82) is 0 Å². The van der Waals surface area contributed by atoms with Crippen molar-refractivity contribution in [3.05, 3.63) is 84.2 Å². The highest BCUT2D eigenvalue weighted by molar-refractivity contribution is 8.00. The number of thioether (sulfide) groups is 1. The lowest BCUT2D eigenvalue weighted by molar-refractivity contribution is -0.120. The summed E-state index contributed by atoms with van der Waals surface area (Å²) in [5, 5.41) is 12.0. The lowest BCUT2D eigenvalue weighted by Crippen LogP contribution is -2.30. The molecule has 3 aromatic rings. The van der Waals surface area contributed by atoms with E-state index < -0.39 is 0 Å². The summed E-state index contributed by atoms with van der Waals surface area (Å²) in [4.78, 5) is 12.6. The van der Waals surface area contributed by atoms with Crippen LogP contribution in [0.3, 0.4) is 0 Å². The number of aromatic nitrogens is 3. The van der Waals surface area contributed by atoms with Gasteiger partial charge in [0.25, 0.3) is 0 Å². The SMILES string of the molecule is C=CCn1c(Cc2ccccc2)nnc1SC(C)C(=O)NCc1ccccc1OC. The summed E-state index contributed by atoms with van der Waals surface area (Å²) in [6.45, 7) is 6.71. The molecular formula is C23H26N4O2S. The molecule has 1 atom stereocenters. The minimum absolute atomic E-state index is 0.0660. The number of hydrogen-bond acceptors (Lipinski definition) is 5. The number of hydrogen-bond donors (Lipinski definition) is 1. The van der Waals surface area contributed by atoms with Gasteiger partial charge in [0.1, 0.15) is 11.6 Å². The van der Waals surface area contributed by atoms with Crippen molar-refractivity contribution < 1.29 is 9.53 Å². The van der Waals surface area contributed by atoms with Crippen molar-refractivity contribution in [2.45, 2.75) is 36.8 Å². The number of carbonyl (C=O) groups excluding carboxylic acids is 1. The molecule has 0 saturated heterocycles. The molecule has 0 fully saturated rings. The molecule has 1 amide bonds. The molecule has 156 valence electrons. The zero-order chi connectivity index (χ0) is 21.3. The Morgan fingerprint density at radius 3 is 2.67 bits per heavy atom. The number of benzene rings is 2. The molecule has 6 nitrogen and oxygen atoms in total. The molecule has 0 aliphatic carbocycles. The van der Waals surface area contributed by atoms with Crippen LogP contribution in [0.5, 0.6) is 5.75 Å². The first-order chi connectivity index (χ1) is 14.6. The van der Waals surface area contributed by atoms with E-state index in [2.05, 4.69) is 34.2 Å². The van der Waals surface area contributed by atoms with E-state index in [1.54, 1.807) is 7.11 Å². The molecule has 0 spiro atoms.